The summed E-state index contributed by atoms with van der Waals surface area (Å²) in [5.74, 6) is 3.51. The molecule has 0 radical (unpaired) electrons. The van der Waals surface area contributed by atoms with Gasteiger partial charge in [0.25, 0.3) is 0 Å². The van der Waals surface area contributed by atoms with Gasteiger partial charge in [-0.25, -0.2) is 0 Å². The molecule has 168 valence electrons. The highest BCUT2D eigenvalue weighted by molar-refractivity contribution is 6.01. The third-order valence-electron chi connectivity index (χ3n) is 7.99. The molecule has 5 aliphatic rings. The minimum Gasteiger partial charge on any atom is -0.490 e. The highest BCUT2D eigenvalue weighted by Gasteiger charge is 2.54. The summed E-state index contributed by atoms with van der Waals surface area (Å²) < 4.78 is 6.03. The van der Waals surface area contributed by atoms with Crippen LogP contribution in [0.2, 0.25) is 0 Å². The Morgan fingerprint density at radius 1 is 1.13 bits per heavy atom. The van der Waals surface area contributed by atoms with Crippen molar-refractivity contribution in [3.8, 4) is 5.75 Å². The Labute approximate surface area is 185 Å². The van der Waals surface area contributed by atoms with E-state index in [2.05, 4.69) is 19.2 Å². The van der Waals surface area contributed by atoms with E-state index in [4.69, 9.17) is 4.74 Å². The van der Waals surface area contributed by atoms with Gasteiger partial charge in [-0.1, -0.05) is 13.8 Å². The van der Waals surface area contributed by atoms with Crippen molar-refractivity contribution in [1.82, 2.24) is 0 Å². The molecule has 5 heteroatoms. The molecule has 6 rings (SSSR count). The van der Waals surface area contributed by atoms with Crippen LogP contribution in [0.25, 0.3) is 0 Å². The van der Waals surface area contributed by atoms with Gasteiger partial charge < -0.3 is 15.0 Å². The van der Waals surface area contributed by atoms with Gasteiger partial charge in [0.2, 0.25) is 11.8 Å². The van der Waals surface area contributed by atoms with Gasteiger partial charge in [0.05, 0.1) is 16.5 Å². The lowest BCUT2D eigenvalue weighted by Gasteiger charge is -2.55. The van der Waals surface area contributed by atoms with E-state index in [-0.39, 0.29) is 17.2 Å². The monoisotopic (exact) mass is 424 g/mol. The molecule has 1 aromatic rings. The fourth-order valence-corrected chi connectivity index (χ4v) is 6.92. The molecule has 1 aliphatic heterocycles. The van der Waals surface area contributed by atoms with E-state index < -0.39 is 5.41 Å². The van der Waals surface area contributed by atoms with Crippen molar-refractivity contribution in [2.24, 2.45) is 34.5 Å². The fraction of sp³-hybridized carbons (Fsp3) is 0.692. The van der Waals surface area contributed by atoms with Crippen molar-refractivity contribution in [1.29, 1.82) is 0 Å². The summed E-state index contributed by atoms with van der Waals surface area (Å²) in [4.78, 5) is 28.6. The Balaban J connectivity index is 1.42. The Kier molecular flexibility index (Phi) is 4.87. The van der Waals surface area contributed by atoms with Crippen LogP contribution >= 0.6 is 0 Å². The molecule has 0 saturated heterocycles. The Morgan fingerprint density at radius 2 is 1.74 bits per heavy atom. The highest BCUT2D eigenvalue weighted by atomic mass is 16.5. The molecule has 4 aliphatic carbocycles. The molecule has 1 N–H and O–H groups in total. The Bertz CT molecular complexity index is 869. The van der Waals surface area contributed by atoms with Gasteiger partial charge in [0, 0.05) is 12.2 Å². The molecule has 4 fully saturated rings. The number of nitrogens with one attached hydrogen (secondary N) is 1. The zero-order chi connectivity index (χ0) is 22.0. The van der Waals surface area contributed by atoms with Gasteiger partial charge in [0.1, 0.15) is 12.4 Å². The molecule has 0 atom stereocenters. The highest BCUT2D eigenvalue weighted by Crippen LogP contribution is 2.60. The molecule has 4 saturated carbocycles. The van der Waals surface area contributed by atoms with Gasteiger partial charge >= 0.3 is 0 Å². The first-order chi connectivity index (χ1) is 14.6. The van der Waals surface area contributed by atoms with Crippen LogP contribution in [0.4, 0.5) is 11.4 Å². The first kappa shape index (κ1) is 20.8. The van der Waals surface area contributed by atoms with E-state index in [0.717, 1.165) is 48.4 Å². The predicted molar refractivity (Wildman–Crippen MR) is 122 cm³/mol. The summed E-state index contributed by atoms with van der Waals surface area (Å²) in [5.41, 5.74) is 0.765. The number of nitrogens with zero attached hydrogens (tertiary/aromatic N) is 1. The van der Waals surface area contributed by atoms with Crippen LogP contribution in [0.15, 0.2) is 18.2 Å². The van der Waals surface area contributed by atoms with Gasteiger partial charge in [-0.3, -0.25) is 9.59 Å². The molecule has 1 aromatic carbocycles. The number of carbonyl (C=O) groups excluding carboxylic acids is 2. The van der Waals surface area contributed by atoms with Crippen LogP contribution in [0.5, 0.6) is 5.75 Å². The summed E-state index contributed by atoms with van der Waals surface area (Å²) in [5, 5.41) is 3.25. The largest absolute Gasteiger partial charge is 0.490 e. The van der Waals surface area contributed by atoms with Crippen molar-refractivity contribution < 1.29 is 14.3 Å². The van der Waals surface area contributed by atoms with E-state index in [1.807, 2.05) is 36.9 Å². The van der Waals surface area contributed by atoms with E-state index in [1.54, 1.807) is 0 Å². The Morgan fingerprint density at radius 3 is 2.32 bits per heavy atom. The van der Waals surface area contributed by atoms with Crippen LogP contribution < -0.4 is 15.0 Å². The molecule has 5 nitrogen and oxygen atoms in total. The lowest BCUT2D eigenvalue weighted by molar-refractivity contribution is -0.140. The van der Waals surface area contributed by atoms with Crippen LogP contribution in [-0.4, -0.2) is 25.0 Å². The minimum absolute atomic E-state index is 0.0736. The van der Waals surface area contributed by atoms with Gasteiger partial charge in [-0.2, -0.15) is 0 Å². The number of carbonyl (C=O) groups is 2. The van der Waals surface area contributed by atoms with E-state index >= 15 is 0 Å². The maximum absolute atomic E-state index is 13.5. The second kappa shape index (κ2) is 7.25. The molecule has 0 aromatic heterocycles. The van der Waals surface area contributed by atoms with Gasteiger partial charge in [-0.05, 0) is 94.2 Å². The topological polar surface area (TPSA) is 58.6 Å². The molecule has 0 spiro atoms. The number of ether oxygens (including phenoxy) is 1. The van der Waals surface area contributed by atoms with Gasteiger partial charge in [-0.15, -0.1) is 0 Å². The smallest absolute Gasteiger partial charge is 0.236 e. The summed E-state index contributed by atoms with van der Waals surface area (Å²) in [6.07, 6.45) is 7.11. The third kappa shape index (κ3) is 3.64. The van der Waals surface area contributed by atoms with Crippen molar-refractivity contribution in [2.45, 2.75) is 66.2 Å². The summed E-state index contributed by atoms with van der Waals surface area (Å²) in [7, 11) is 0. The number of benzene rings is 1. The first-order valence-electron chi connectivity index (χ1n) is 12.1. The number of anilines is 2. The Hall–Kier alpha value is -2.04. The number of hydrogen-bond donors (Lipinski definition) is 1. The predicted octanol–water partition coefficient (Wildman–Crippen LogP) is 5.25. The summed E-state index contributed by atoms with van der Waals surface area (Å²) in [6, 6.07) is 5.77. The first-order valence-corrected chi connectivity index (χ1v) is 12.1. The maximum Gasteiger partial charge on any atom is 0.236 e. The van der Waals surface area contributed by atoms with Crippen LogP contribution in [-0.2, 0) is 9.59 Å². The molecular weight excluding hydrogens is 388 g/mol. The zero-order valence-electron chi connectivity index (χ0n) is 19.4. The standard InChI is InChI=1S/C26H36N2O3/c1-16(2)14-28-21-10-20(5-6-22(21)31-15-25(3,4)24(28)30)27-23(29)26-11-17-7-18(12-26)9-19(8-17)13-26/h5-6,10,16-19H,7-9,11-15H2,1-4H3,(H,27,29). The van der Waals surface area contributed by atoms with E-state index in [0.29, 0.717) is 24.8 Å². The average Bonchev–Trinajstić information content (AvgIpc) is 2.77. The van der Waals surface area contributed by atoms with Crippen molar-refractivity contribution >= 4 is 23.2 Å². The molecule has 2 amide bonds. The maximum atomic E-state index is 13.5. The van der Waals surface area contributed by atoms with Crippen molar-refractivity contribution in [2.75, 3.05) is 23.4 Å². The van der Waals surface area contributed by atoms with E-state index in [1.165, 1.54) is 19.3 Å². The number of rotatable bonds is 4. The van der Waals surface area contributed by atoms with Crippen LogP contribution in [0.1, 0.15) is 66.2 Å². The number of fused-ring (bicyclic) bond motifs is 1. The normalized spacial score (nSPS) is 33.1. The summed E-state index contributed by atoms with van der Waals surface area (Å²) in [6.45, 7) is 9.08. The second-order valence-electron chi connectivity index (χ2n) is 11.8. The zero-order valence-corrected chi connectivity index (χ0v) is 19.4. The van der Waals surface area contributed by atoms with Crippen molar-refractivity contribution in [3.63, 3.8) is 0 Å². The quantitative estimate of drug-likeness (QED) is 0.718. The molecule has 31 heavy (non-hydrogen) atoms. The fourth-order valence-electron chi connectivity index (χ4n) is 6.92. The van der Waals surface area contributed by atoms with Crippen molar-refractivity contribution in [3.05, 3.63) is 18.2 Å². The van der Waals surface area contributed by atoms with Gasteiger partial charge in [0.15, 0.2) is 0 Å². The molecule has 0 unspecified atom stereocenters. The number of hydrogen-bond acceptors (Lipinski definition) is 3. The van der Waals surface area contributed by atoms with E-state index in [9.17, 15) is 9.59 Å². The SMILES string of the molecule is CC(C)CN1C(=O)C(C)(C)COc2ccc(NC(=O)C34CC5CC(CC(C5)C3)C4)cc21. The number of amides is 2. The molecule has 1 heterocycles. The molecular formula is C26H36N2O3. The minimum atomic E-state index is -0.587. The third-order valence-corrected chi connectivity index (χ3v) is 7.99. The lowest BCUT2D eigenvalue weighted by atomic mass is 9.49. The van der Waals surface area contributed by atoms with Crippen LogP contribution in [0, 0.1) is 34.5 Å². The summed E-state index contributed by atoms with van der Waals surface area (Å²) >= 11 is 0. The molecule has 4 bridgehead atoms. The lowest BCUT2D eigenvalue weighted by Crippen LogP contribution is -2.51. The second-order valence-corrected chi connectivity index (χ2v) is 11.8. The average molecular weight is 425 g/mol. The van der Waals surface area contributed by atoms with Crippen LogP contribution in [0.3, 0.4) is 0 Å².